The van der Waals surface area contributed by atoms with E-state index in [2.05, 4.69) is 41.8 Å². The summed E-state index contributed by atoms with van der Waals surface area (Å²) in [5.41, 5.74) is 2.43. The summed E-state index contributed by atoms with van der Waals surface area (Å²) in [4.78, 5) is 11.8. The third kappa shape index (κ3) is 5.40. The van der Waals surface area contributed by atoms with Crippen LogP contribution in [0.15, 0.2) is 60.7 Å². The highest BCUT2D eigenvalue weighted by Gasteiger charge is 2.06. The molecule has 0 aliphatic heterocycles. The van der Waals surface area contributed by atoms with E-state index in [0.29, 0.717) is 13.1 Å². The average molecular weight is 282 g/mol. The minimum absolute atomic E-state index is 0.0358. The minimum Gasteiger partial charge on any atom is -0.355 e. The molecule has 110 valence electrons. The fourth-order valence-corrected chi connectivity index (χ4v) is 2.16. The van der Waals surface area contributed by atoms with Crippen LogP contribution in [0.25, 0.3) is 0 Å². The quantitative estimate of drug-likeness (QED) is 0.820. The van der Waals surface area contributed by atoms with E-state index in [9.17, 15) is 4.79 Å². The van der Waals surface area contributed by atoms with E-state index in [4.69, 9.17) is 0 Å². The van der Waals surface area contributed by atoms with Gasteiger partial charge in [-0.2, -0.15) is 0 Å². The van der Waals surface area contributed by atoms with Crippen molar-refractivity contribution in [2.45, 2.75) is 19.4 Å². The van der Waals surface area contributed by atoms with Crippen LogP contribution in [0.1, 0.15) is 24.1 Å². The highest BCUT2D eigenvalue weighted by atomic mass is 16.1. The number of amides is 1. The predicted octanol–water partition coefficient (Wildman–Crippen LogP) is 2.70. The van der Waals surface area contributed by atoms with Crippen molar-refractivity contribution in [2.24, 2.45) is 0 Å². The van der Waals surface area contributed by atoms with Crippen LogP contribution < -0.4 is 10.6 Å². The van der Waals surface area contributed by atoms with Gasteiger partial charge >= 0.3 is 0 Å². The first-order valence-corrected chi connectivity index (χ1v) is 7.34. The van der Waals surface area contributed by atoms with E-state index in [-0.39, 0.29) is 11.9 Å². The molecule has 0 aromatic heterocycles. The highest BCUT2D eigenvalue weighted by molar-refractivity contribution is 5.78. The maximum absolute atomic E-state index is 11.8. The number of nitrogens with one attached hydrogen (secondary N) is 2. The molecule has 0 unspecified atom stereocenters. The van der Waals surface area contributed by atoms with Gasteiger partial charge in [0.05, 0.1) is 6.54 Å². The van der Waals surface area contributed by atoms with E-state index >= 15 is 0 Å². The molecule has 2 rings (SSSR count). The predicted molar refractivity (Wildman–Crippen MR) is 86.0 cm³/mol. The van der Waals surface area contributed by atoms with Gasteiger partial charge in [0.1, 0.15) is 0 Å². The van der Waals surface area contributed by atoms with Crippen molar-refractivity contribution >= 4 is 5.91 Å². The molecule has 0 bridgehead atoms. The molecule has 3 nitrogen and oxygen atoms in total. The summed E-state index contributed by atoms with van der Waals surface area (Å²) in [5.74, 6) is 0.0358. The van der Waals surface area contributed by atoms with Crippen molar-refractivity contribution in [2.75, 3.05) is 13.1 Å². The van der Waals surface area contributed by atoms with E-state index in [0.717, 1.165) is 6.42 Å². The van der Waals surface area contributed by atoms with Gasteiger partial charge in [-0.3, -0.25) is 4.79 Å². The molecule has 2 aromatic rings. The Labute approximate surface area is 126 Å². The van der Waals surface area contributed by atoms with E-state index < -0.39 is 0 Å². The molecule has 0 aliphatic rings. The van der Waals surface area contributed by atoms with Crippen molar-refractivity contribution in [1.82, 2.24) is 10.6 Å². The number of hydrogen-bond donors (Lipinski definition) is 2. The Kier molecular flexibility index (Phi) is 5.98. The number of hydrogen-bond acceptors (Lipinski definition) is 2. The summed E-state index contributed by atoms with van der Waals surface area (Å²) in [5, 5.41) is 6.17. The summed E-state index contributed by atoms with van der Waals surface area (Å²) in [6.07, 6.45) is 0.862. The first kappa shape index (κ1) is 15.3. The zero-order valence-electron chi connectivity index (χ0n) is 12.4. The molecule has 21 heavy (non-hydrogen) atoms. The molecule has 0 radical (unpaired) electrons. The Morgan fingerprint density at radius 2 is 1.62 bits per heavy atom. The topological polar surface area (TPSA) is 41.1 Å². The third-order valence-electron chi connectivity index (χ3n) is 3.45. The van der Waals surface area contributed by atoms with Crippen molar-refractivity contribution in [3.8, 4) is 0 Å². The zero-order chi connectivity index (χ0) is 14.9. The highest BCUT2D eigenvalue weighted by Crippen LogP contribution is 2.10. The van der Waals surface area contributed by atoms with Crippen molar-refractivity contribution in [1.29, 1.82) is 0 Å². The van der Waals surface area contributed by atoms with Crippen LogP contribution in [0, 0.1) is 0 Å². The Morgan fingerprint density at radius 3 is 2.29 bits per heavy atom. The largest absolute Gasteiger partial charge is 0.355 e. The molecule has 2 aromatic carbocycles. The van der Waals surface area contributed by atoms with E-state index in [1.807, 2.05) is 36.4 Å². The van der Waals surface area contributed by atoms with Gasteiger partial charge in [0.15, 0.2) is 0 Å². The van der Waals surface area contributed by atoms with Gasteiger partial charge in [-0.1, -0.05) is 60.7 Å². The minimum atomic E-state index is 0.0358. The summed E-state index contributed by atoms with van der Waals surface area (Å²) in [7, 11) is 0. The molecule has 0 spiro atoms. The number of benzene rings is 2. The maximum Gasteiger partial charge on any atom is 0.233 e. The smallest absolute Gasteiger partial charge is 0.233 e. The second-order valence-electron chi connectivity index (χ2n) is 5.10. The van der Waals surface area contributed by atoms with Gasteiger partial charge in [-0.05, 0) is 24.5 Å². The molecule has 3 heteroatoms. The van der Waals surface area contributed by atoms with Crippen LogP contribution in [-0.2, 0) is 11.2 Å². The number of carbonyl (C=O) groups excluding carboxylic acids is 1. The molecule has 0 aliphatic carbocycles. The number of rotatable bonds is 7. The lowest BCUT2D eigenvalue weighted by molar-refractivity contribution is -0.120. The Bertz CT molecular complexity index is 540. The molecule has 0 fully saturated rings. The van der Waals surface area contributed by atoms with Crippen LogP contribution in [-0.4, -0.2) is 19.0 Å². The van der Waals surface area contributed by atoms with Crippen molar-refractivity contribution in [3.63, 3.8) is 0 Å². The number of carbonyl (C=O) groups is 1. The summed E-state index contributed by atoms with van der Waals surface area (Å²) in [6, 6.07) is 20.5. The first-order valence-electron chi connectivity index (χ1n) is 7.34. The summed E-state index contributed by atoms with van der Waals surface area (Å²) >= 11 is 0. The second kappa shape index (κ2) is 8.22. The summed E-state index contributed by atoms with van der Waals surface area (Å²) in [6.45, 7) is 3.07. The van der Waals surface area contributed by atoms with Crippen LogP contribution in [0.4, 0.5) is 0 Å². The van der Waals surface area contributed by atoms with Gasteiger partial charge < -0.3 is 10.6 Å². The monoisotopic (exact) mass is 282 g/mol. The lowest BCUT2D eigenvalue weighted by Gasteiger charge is -2.14. The molecule has 0 heterocycles. The molecule has 0 saturated heterocycles. The Hall–Kier alpha value is -2.13. The first-order chi connectivity index (χ1) is 10.3. The van der Waals surface area contributed by atoms with Gasteiger partial charge in [-0.15, -0.1) is 0 Å². The van der Waals surface area contributed by atoms with Gasteiger partial charge in [0, 0.05) is 12.6 Å². The Balaban J connectivity index is 1.66. The lowest BCUT2D eigenvalue weighted by Crippen LogP contribution is -2.36. The van der Waals surface area contributed by atoms with Crippen LogP contribution >= 0.6 is 0 Å². The zero-order valence-corrected chi connectivity index (χ0v) is 12.4. The van der Waals surface area contributed by atoms with Gasteiger partial charge in [0.25, 0.3) is 0 Å². The Morgan fingerprint density at radius 1 is 1.00 bits per heavy atom. The van der Waals surface area contributed by atoms with Crippen LogP contribution in [0.3, 0.4) is 0 Å². The molecule has 0 saturated carbocycles. The molecule has 1 atom stereocenters. The fourth-order valence-electron chi connectivity index (χ4n) is 2.16. The van der Waals surface area contributed by atoms with Gasteiger partial charge in [-0.25, -0.2) is 0 Å². The molecule has 1 amide bonds. The lowest BCUT2D eigenvalue weighted by atomic mass is 10.1. The summed E-state index contributed by atoms with van der Waals surface area (Å²) < 4.78 is 0. The maximum atomic E-state index is 11.8. The molecule has 2 N–H and O–H groups in total. The SMILES string of the molecule is C[C@H](NCC(=O)NCCc1ccccc1)c1ccccc1. The molecular weight excluding hydrogens is 260 g/mol. The van der Waals surface area contributed by atoms with Crippen molar-refractivity contribution < 1.29 is 4.79 Å². The van der Waals surface area contributed by atoms with Crippen LogP contribution in [0.5, 0.6) is 0 Å². The van der Waals surface area contributed by atoms with Gasteiger partial charge in [0.2, 0.25) is 5.91 Å². The van der Waals surface area contributed by atoms with E-state index in [1.54, 1.807) is 0 Å². The van der Waals surface area contributed by atoms with Crippen LogP contribution in [0.2, 0.25) is 0 Å². The molecular formula is C18H22N2O. The fraction of sp³-hybridized carbons (Fsp3) is 0.278. The third-order valence-corrected chi connectivity index (χ3v) is 3.45. The van der Waals surface area contributed by atoms with E-state index in [1.165, 1.54) is 11.1 Å². The standard InChI is InChI=1S/C18H22N2O/c1-15(17-10-6-3-7-11-17)20-14-18(21)19-13-12-16-8-4-2-5-9-16/h2-11,15,20H,12-14H2,1H3,(H,19,21)/t15-/m0/s1. The van der Waals surface area contributed by atoms with Crippen molar-refractivity contribution in [3.05, 3.63) is 71.8 Å². The second-order valence-corrected chi connectivity index (χ2v) is 5.10. The average Bonchev–Trinajstić information content (AvgIpc) is 2.54. The normalized spacial score (nSPS) is 11.9.